The summed E-state index contributed by atoms with van der Waals surface area (Å²) in [5, 5.41) is 2.48. The van der Waals surface area contributed by atoms with Crippen LogP contribution in [0, 0.1) is 11.7 Å². The van der Waals surface area contributed by atoms with Gasteiger partial charge in [-0.2, -0.15) is 0 Å². The summed E-state index contributed by atoms with van der Waals surface area (Å²) in [6.07, 6.45) is 2.39. The van der Waals surface area contributed by atoms with Gasteiger partial charge in [-0.1, -0.05) is 17.7 Å². The Morgan fingerprint density at radius 1 is 1.59 bits per heavy atom. The van der Waals surface area contributed by atoms with Crippen molar-refractivity contribution in [2.75, 3.05) is 5.32 Å². The number of hydrogen-bond donors (Lipinski definition) is 2. The summed E-state index contributed by atoms with van der Waals surface area (Å²) >= 11 is 5.61. The van der Waals surface area contributed by atoms with Crippen molar-refractivity contribution in [3.63, 3.8) is 0 Å². The predicted molar refractivity (Wildman–Crippen MR) is 65.4 cm³/mol. The Kier molecular flexibility index (Phi) is 3.64. The first kappa shape index (κ1) is 12.3. The van der Waals surface area contributed by atoms with E-state index in [0.29, 0.717) is 5.92 Å². The molecule has 3 N–H and O–H groups in total. The molecule has 0 heterocycles. The van der Waals surface area contributed by atoms with Crippen molar-refractivity contribution in [1.29, 1.82) is 0 Å². The summed E-state index contributed by atoms with van der Waals surface area (Å²) in [7, 11) is 0. The zero-order valence-electron chi connectivity index (χ0n) is 9.25. The van der Waals surface area contributed by atoms with Gasteiger partial charge in [0.15, 0.2) is 5.82 Å². The van der Waals surface area contributed by atoms with Crippen LogP contribution in [0.2, 0.25) is 5.02 Å². The SMILES string of the molecule is NC(CC(=O)Nc1cccc(Cl)c1F)C1CC1. The fourth-order valence-electron chi connectivity index (χ4n) is 1.71. The molecule has 1 aromatic rings. The molecule has 17 heavy (non-hydrogen) atoms. The maximum absolute atomic E-state index is 13.5. The van der Waals surface area contributed by atoms with Gasteiger partial charge in [-0.25, -0.2) is 4.39 Å². The summed E-state index contributed by atoms with van der Waals surface area (Å²) in [6, 6.07) is 4.36. The zero-order chi connectivity index (χ0) is 12.4. The van der Waals surface area contributed by atoms with Crippen molar-refractivity contribution in [3.05, 3.63) is 29.0 Å². The lowest BCUT2D eigenvalue weighted by molar-refractivity contribution is -0.116. The van der Waals surface area contributed by atoms with Crippen molar-refractivity contribution in [2.45, 2.75) is 25.3 Å². The van der Waals surface area contributed by atoms with Crippen LogP contribution in [-0.4, -0.2) is 11.9 Å². The fraction of sp³-hybridized carbons (Fsp3) is 0.417. The third-order valence-electron chi connectivity index (χ3n) is 2.87. The lowest BCUT2D eigenvalue weighted by Gasteiger charge is -2.11. The standard InChI is InChI=1S/C12H14ClFN2O/c13-8-2-1-3-10(12(8)14)16-11(17)6-9(15)7-4-5-7/h1-3,7,9H,4-6,15H2,(H,16,17). The van der Waals surface area contributed by atoms with Gasteiger partial charge in [-0.15, -0.1) is 0 Å². The molecular weight excluding hydrogens is 243 g/mol. The molecule has 2 rings (SSSR count). The quantitative estimate of drug-likeness (QED) is 0.870. The molecule has 0 aliphatic heterocycles. The molecule has 1 aliphatic rings. The minimum Gasteiger partial charge on any atom is -0.327 e. The molecule has 92 valence electrons. The average Bonchev–Trinajstić information content (AvgIpc) is 3.08. The van der Waals surface area contributed by atoms with E-state index in [-0.39, 0.29) is 29.1 Å². The Morgan fingerprint density at radius 3 is 2.94 bits per heavy atom. The predicted octanol–water partition coefficient (Wildman–Crippen LogP) is 2.54. The Morgan fingerprint density at radius 2 is 2.29 bits per heavy atom. The Hall–Kier alpha value is -1.13. The van der Waals surface area contributed by atoms with Crippen molar-refractivity contribution in [2.24, 2.45) is 11.7 Å². The minimum atomic E-state index is -0.609. The van der Waals surface area contributed by atoms with Gasteiger partial charge in [0.1, 0.15) is 0 Å². The number of rotatable bonds is 4. The summed E-state index contributed by atoms with van der Waals surface area (Å²) in [4.78, 5) is 11.6. The van der Waals surface area contributed by atoms with Crippen LogP contribution in [0.4, 0.5) is 10.1 Å². The fourth-order valence-corrected chi connectivity index (χ4v) is 1.88. The number of carbonyl (C=O) groups is 1. The highest BCUT2D eigenvalue weighted by Gasteiger charge is 2.29. The lowest BCUT2D eigenvalue weighted by Crippen LogP contribution is -2.29. The molecule has 0 radical (unpaired) electrons. The summed E-state index contributed by atoms with van der Waals surface area (Å²) in [5.74, 6) is -0.432. The monoisotopic (exact) mass is 256 g/mol. The van der Waals surface area contributed by atoms with E-state index >= 15 is 0 Å². The van der Waals surface area contributed by atoms with E-state index in [9.17, 15) is 9.18 Å². The van der Waals surface area contributed by atoms with E-state index < -0.39 is 5.82 Å². The molecule has 0 bridgehead atoms. The van der Waals surface area contributed by atoms with Crippen LogP contribution >= 0.6 is 11.6 Å². The third kappa shape index (κ3) is 3.17. The van der Waals surface area contributed by atoms with E-state index in [2.05, 4.69) is 5.32 Å². The van der Waals surface area contributed by atoms with Crippen molar-refractivity contribution >= 4 is 23.2 Å². The van der Waals surface area contributed by atoms with Gasteiger partial charge in [-0.05, 0) is 30.9 Å². The summed E-state index contributed by atoms with van der Waals surface area (Å²) in [5.41, 5.74) is 5.92. The summed E-state index contributed by atoms with van der Waals surface area (Å²) in [6.45, 7) is 0. The topological polar surface area (TPSA) is 55.1 Å². The second-order valence-corrected chi connectivity index (χ2v) is 4.76. The van der Waals surface area contributed by atoms with Gasteiger partial charge in [0.05, 0.1) is 10.7 Å². The summed E-state index contributed by atoms with van der Waals surface area (Å²) < 4.78 is 13.5. The zero-order valence-corrected chi connectivity index (χ0v) is 10.0. The first-order valence-corrected chi connectivity index (χ1v) is 5.95. The maximum atomic E-state index is 13.5. The third-order valence-corrected chi connectivity index (χ3v) is 3.17. The van der Waals surface area contributed by atoms with Crippen molar-refractivity contribution in [1.82, 2.24) is 0 Å². The van der Waals surface area contributed by atoms with E-state index in [1.807, 2.05) is 0 Å². The maximum Gasteiger partial charge on any atom is 0.226 e. The van der Waals surface area contributed by atoms with Gasteiger partial charge in [0.25, 0.3) is 0 Å². The highest BCUT2D eigenvalue weighted by Crippen LogP contribution is 2.33. The molecule has 1 unspecified atom stereocenters. The second-order valence-electron chi connectivity index (χ2n) is 4.35. The van der Waals surface area contributed by atoms with Crippen LogP contribution in [-0.2, 0) is 4.79 Å². The van der Waals surface area contributed by atoms with Gasteiger partial charge in [0.2, 0.25) is 5.91 Å². The van der Waals surface area contributed by atoms with Gasteiger partial charge >= 0.3 is 0 Å². The normalized spacial score (nSPS) is 16.6. The number of nitrogens with one attached hydrogen (secondary N) is 1. The molecule has 3 nitrogen and oxygen atoms in total. The molecule has 1 saturated carbocycles. The smallest absolute Gasteiger partial charge is 0.226 e. The number of amides is 1. The van der Waals surface area contributed by atoms with Gasteiger partial charge < -0.3 is 11.1 Å². The number of halogens is 2. The number of hydrogen-bond acceptors (Lipinski definition) is 2. The van der Waals surface area contributed by atoms with Crippen LogP contribution in [0.1, 0.15) is 19.3 Å². The largest absolute Gasteiger partial charge is 0.327 e. The number of anilines is 1. The molecular formula is C12H14ClFN2O. The highest BCUT2D eigenvalue weighted by molar-refractivity contribution is 6.31. The van der Waals surface area contributed by atoms with E-state index in [0.717, 1.165) is 12.8 Å². The molecule has 0 saturated heterocycles. The Bertz CT molecular complexity index is 435. The highest BCUT2D eigenvalue weighted by atomic mass is 35.5. The van der Waals surface area contributed by atoms with Crippen LogP contribution in [0.3, 0.4) is 0 Å². The number of nitrogens with two attached hydrogens (primary N) is 1. The van der Waals surface area contributed by atoms with Crippen molar-refractivity contribution < 1.29 is 9.18 Å². The Balaban J connectivity index is 1.95. The van der Waals surface area contributed by atoms with Gasteiger partial charge in [0, 0.05) is 12.5 Å². The molecule has 1 amide bonds. The van der Waals surface area contributed by atoms with E-state index in [1.54, 1.807) is 6.07 Å². The van der Waals surface area contributed by atoms with E-state index in [4.69, 9.17) is 17.3 Å². The second kappa shape index (κ2) is 5.02. The van der Waals surface area contributed by atoms with E-state index in [1.165, 1.54) is 12.1 Å². The molecule has 1 aliphatic carbocycles. The lowest BCUT2D eigenvalue weighted by atomic mass is 10.1. The molecule has 1 fully saturated rings. The number of benzene rings is 1. The van der Waals surface area contributed by atoms with Crippen LogP contribution in [0.25, 0.3) is 0 Å². The number of carbonyl (C=O) groups excluding carboxylic acids is 1. The average molecular weight is 257 g/mol. The van der Waals surface area contributed by atoms with Crippen LogP contribution in [0.5, 0.6) is 0 Å². The molecule has 0 aromatic heterocycles. The van der Waals surface area contributed by atoms with Gasteiger partial charge in [-0.3, -0.25) is 4.79 Å². The van der Waals surface area contributed by atoms with Crippen molar-refractivity contribution in [3.8, 4) is 0 Å². The first-order chi connectivity index (χ1) is 8.08. The molecule has 1 aromatic carbocycles. The molecule has 0 spiro atoms. The minimum absolute atomic E-state index is 0.00529. The van der Waals surface area contributed by atoms with Crippen LogP contribution in [0.15, 0.2) is 18.2 Å². The van der Waals surface area contributed by atoms with Crippen LogP contribution < -0.4 is 11.1 Å². The molecule has 5 heteroatoms. The Labute approximate surface area is 104 Å². The molecule has 1 atom stereocenters. The first-order valence-electron chi connectivity index (χ1n) is 5.57.